The van der Waals surface area contributed by atoms with E-state index in [0.717, 1.165) is 18.9 Å². The normalized spacial score (nSPS) is 23.2. The number of amides is 1. The Kier molecular flexibility index (Phi) is 7.33. The second-order valence-corrected chi connectivity index (χ2v) is 11.7. The average Bonchev–Trinajstić information content (AvgIpc) is 3.05. The predicted octanol–water partition coefficient (Wildman–Crippen LogP) is 3.75. The molecule has 2 aliphatic heterocycles. The van der Waals surface area contributed by atoms with Crippen LogP contribution < -0.4 is 5.73 Å². The molecule has 1 unspecified atom stereocenters. The second-order valence-electron chi connectivity index (χ2n) is 9.47. The van der Waals surface area contributed by atoms with E-state index < -0.39 is 33.3 Å². The van der Waals surface area contributed by atoms with Crippen molar-refractivity contribution in [1.29, 1.82) is 0 Å². The summed E-state index contributed by atoms with van der Waals surface area (Å²) in [6.45, 7) is 0. The lowest BCUT2D eigenvalue weighted by atomic mass is 9.82. The van der Waals surface area contributed by atoms with E-state index in [0.29, 0.717) is 24.5 Å². The Morgan fingerprint density at radius 3 is 2.26 bits per heavy atom. The van der Waals surface area contributed by atoms with Crippen molar-refractivity contribution in [3.63, 3.8) is 0 Å². The lowest BCUT2D eigenvalue weighted by Crippen LogP contribution is -2.50. The number of fused-ring (bicyclic) bond motifs is 2. The number of rotatable bonds is 8. The molecule has 2 heterocycles. The van der Waals surface area contributed by atoms with E-state index in [2.05, 4.69) is 0 Å². The number of carbonyl (C=O) groups excluding carboxylic acids is 1. The first-order chi connectivity index (χ1) is 16.1. The molecular formula is C25H29F3N2O3S. The molecular weight excluding hydrogens is 465 g/mol. The van der Waals surface area contributed by atoms with Crippen molar-refractivity contribution in [3.8, 4) is 0 Å². The van der Waals surface area contributed by atoms with Gasteiger partial charge in [0.1, 0.15) is 5.82 Å². The van der Waals surface area contributed by atoms with E-state index in [4.69, 9.17) is 5.73 Å². The quantitative estimate of drug-likeness (QED) is 0.567. The minimum absolute atomic E-state index is 0.0101. The molecule has 2 N–H and O–H groups in total. The average molecular weight is 495 g/mol. The summed E-state index contributed by atoms with van der Waals surface area (Å²) in [7, 11) is -3.41. The predicted molar refractivity (Wildman–Crippen MR) is 123 cm³/mol. The fourth-order valence-corrected chi connectivity index (χ4v) is 6.72. The van der Waals surface area contributed by atoms with Crippen molar-refractivity contribution in [2.45, 2.75) is 62.4 Å². The summed E-state index contributed by atoms with van der Waals surface area (Å²) in [5, 5.41) is 0. The number of hydrogen-bond acceptors (Lipinski definition) is 4. The highest BCUT2D eigenvalue weighted by atomic mass is 32.2. The summed E-state index contributed by atoms with van der Waals surface area (Å²) in [5.74, 6) is -3.60. The molecule has 0 radical (unpaired) electrons. The maximum absolute atomic E-state index is 14.0. The highest BCUT2D eigenvalue weighted by Gasteiger charge is 2.44. The molecule has 184 valence electrons. The van der Waals surface area contributed by atoms with E-state index in [1.807, 2.05) is 11.0 Å². The number of piperidine rings is 1. The van der Waals surface area contributed by atoms with Crippen molar-refractivity contribution in [2.24, 2.45) is 11.7 Å². The minimum atomic E-state index is -3.41. The van der Waals surface area contributed by atoms with Gasteiger partial charge in [0.2, 0.25) is 5.91 Å². The van der Waals surface area contributed by atoms with Gasteiger partial charge < -0.3 is 10.6 Å². The Labute approximate surface area is 198 Å². The number of nitrogens with two attached hydrogens (primary N) is 1. The number of carbonyl (C=O) groups is 1. The molecule has 2 aliphatic rings. The molecule has 0 spiro atoms. The second kappa shape index (κ2) is 10.1. The third-order valence-electron chi connectivity index (χ3n) is 7.06. The SMILES string of the molecule is N[C@H](Cc1cc(F)c(F)cc1F)C1C[C@H]2CC[C@@H](C1)N2C(=O)CCS(=O)(=O)Cc1ccccc1. The molecule has 1 amide bonds. The topological polar surface area (TPSA) is 80.5 Å². The molecule has 9 heteroatoms. The number of benzene rings is 2. The summed E-state index contributed by atoms with van der Waals surface area (Å²) in [6.07, 6.45) is 2.92. The van der Waals surface area contributed by atoms with Gasteiger partial charge in [0.25, 0.3) is 0 Å². The van der Waals surface area contributed by atoms with Crippen LogP contribution in [0.15, 0.2) is 42.5 Å². The van der Waals surface area contributed by atoms with Gasteiger partial charge in [-0.1, -0.05) is 30.3 Å². The van der Waals surface area contributed by atoms with Crippen molar-refractivity contribution < 1.29 is 26.4 Å². The molecule has 2 saturated heterocycles. The monoisotopic (exact) mass is 494 g/mol. The van der Waals surface area contributed by atoms with Crippen LogP contribution in [0.2, 0.25) is 0 Å². The van der Waals surface area contributed by atoms with Gasteiger partial charge in [-0.2, -0.15) is 0 Å². The maximum atomic E-state index is 14.0. The van der Waals surface area contributed by atoms with Crippen molar-refractivity contribution in [1.82, 2.24) is 4.90 Å². The van der Waals surface area contributed by atoms with Crippen LogP contribution in [0.5, 0.6) is 0 Å². The summed E-state index contributed by atoms with van der Waals surface area (Å²) in [4.78, 5) is 14.8. The summed E-state index contributed by atoms with van der Waals surface area (Å²) in [6, 6.07) is 9.75. The van der Waals surface area contributed by atoms with E-state index in [1.54, 1.807) is 24.3 Å². The van der Waals surface area contributed by atoms with Crippen molar-refractivity contribution >= 4 is 15.7 Å². The zero-order valence-electron chi connectivity index (χ0n) is 18.8. The van der Waals surface area contributed by atoms with Crippen molar-refractivity contribution in [2.75, 3.05) is 5.75 Å². The van der Waals surface area contributed by atoms with E-state index >= 15 is 0 Å². The summed E-state index contributed by atoms with van der Waals surface area (Å²) < 4.78 is 65.8. The summed E-state index contributed by atoms with van der Waals surface area (Å²) >= 11 is 0. The number of nitrogens with zero attached hydrogens (tertiary/aromatic N) is 1. The molecule has 4 atom stereocenters. The van der Waals surface area contributed by atoms with Crippen molar-refractivity contribution in [3.05, 3.63) is 71.0 Å². The molecule has 2 aromatic rings. The fourth-order valence-electron chi connectivity index (χ4n) is 5.39. The number of hydrogen-bond donors (Lipinski definition) is 1. The lowest BCUT2D eigenvalue weighted by Gasteiger charge is -2.41. The van der Waals surface area contributed by atoms with E-state index in [9.17, 15) is 26.4 Å². The van der Waals surface area contributed by atoms with Gasteiger partial charge >= 0.3 is 0 Å². The minimum Gasteiger partial charge on any atom is -0.337 e. The third-order valence-corrected chi connectivity index (χ3v) is 8.66. The van der Waals surface area contributed by atoms with Gasteiger partial charge in [0.05, 0.1) is 11.5 Å². The van der Waals surface area contributed by atoms with Gasteiger partial charge in [-0.15, -0.1) is 0 Å². The molecule has 0 saturated carbocycles. The lowest BCUT2D eigenvalue weighted by molar-refractivity contribution is -0.136. The Bertz CT molecular complexity index is 1130. The molecule has 5 nitrogen and oxygen atoms in total. The first-order valence-corrected chi connectivity index (χ1v) is 13.4. The standard InChI is InChI=1S/C25H29F3N2O3S/c26-21-14-23(28)22(27)12-17(21)13-24(29)18-10-19-6-7-20(11-18)30(19)25(31)8-9-34(32,33)15-16-4-2-1-3-5-16/h1-5,12,14,18-20,24H,6-11,13,15,29H2/t18?,19-,20+,24-/m1/s1. The maximum Gasteiger partial charge on any atom is 0.224 e. The van der Waals surface area contributed by atoms with E-state index in [1.165, 1.54) is 0 Å². The van der Waals surface area contributed by atoms with Crippen LogP contribution in [-0.2, 0) is 26.8 Å². The smallest absolute Gasteiger partial charge is 0.224 e. The third kappa shape index (κ3) is 5.63. The Morgan fingerprint density at radius 1 is 1.00 bits per heavy atom. The zero-order chi connectivity index (χ0) is 24.5. The van der Waals surface area contributed by atoms with Gasteiger partial charge in [-0.25, -0.2) is 21.6 Å². The molecule has 2 aromatic carbocycles. The Morgan fingerprint density at radius 2 is 1.62 bits per heavy atom. The van der Waals surface area contributed by atoms with Gasteiger partial charge in [0.15, 0.2) is 21.5 Å². The van der Waals surface area contributed by atoms with Crippen LogP contribution in [0, 0.1) is 23.4 Å². The van der Waals surface area contributed by atoms with Crippen LogP contribution in [-0.4, -0.2) is 43.1 Å². The van der Waals surface area contributed by atoms with E-state index in [-0.39, 0.29) is 53.8 Å². The number of halogens is 3. The molecule has 2 bridgehead atoms. The molecule has 4 rings (SSSR count). The van der Waals surface area contributed by atoms with Gasteiger partial charge in [-0.3, -0.25) is 4.79 Å². The van der Waals surface area contributed by atoms with Crippen LogP contribution >= 0.6 is 0 Å². The largest absolute Gasteiger partial charge is 0.337 e. The zero-order valence-corrected chi connectivity index (χ0v) is 19.6. The molecule has 34 heavy (non-hydrogen) atoms. The Balaban J connectivity index is 1.33. The first kappa shape index (κ1) is 24.7. The van der Waals surface area contributed by atoms with Crippen LogP contribution in [0.1, 0.15) is 43.2 Å². The summed E-state index contributed by atoms with van der Waals surface area (Å²) in [5.41, 5.74) is 7.07. The van der Waals surface area contributed by atoms with Crippen LogP contribution in [0.3, 0.4) is 0 Å². The molecule has 0 aliphatic carbocycles. The molecule has 0 aromatic heterocycles. The highest BCUT2D eigenvalue weighted by molar-refractivity contribution is 7.90. The highest BCUT2D eigenvalue weighted by Crippen LogP contribution is 2.40. The van der Waals surface area contributed by atoms with Crippen LogP contribution in [0.4, 0.5) is 13.2 Å². The number of sulfone groups is 1. The first-order valence-electron chi connectivity index (χ1n) is 11.6. The molecule has 2 fully saturated rings. The Hall–Kier alpha value is -2.39. The van der Waals surface area contributed by atoms with Crippen LogP contribution in [0.25, 0.3) is 0 Å². The van der Waals surface area contributed by atoms with Gasteiger partial charge in [0, 0.05) is 30.6 Å². The van der Waals surface area contributed by atoms with Gasteiger partial charge in [-0.05, 0) is 55.2 Å². The fraction of sp³-hybridized carbons (Fsp3) is 0.480.